The van der Waals surface area contributed by atoms with E-state index in [9.17, 15) is 20.1 Å². The monoisotopic (exact) mass is 473 g/mol. The van der Waals surface area contributed by atoms with E-state index in [1.807, 2.05) is 13.8 Å². The number of aliphatic hydroxyl groups excluding tert-OH is 5. The zero-order chi connectivity index (χ0) is 24.1. The fourth-order valence-corrected chi connectivity index (χ4v) is 1.86. The molecule has 1 amide bonds. The SMILES string of the molecule is C=C(S)C(=O)NCCOCC(COCC(CO)OCC(O)CO)OCC(O)CO.CC. The van der Waals surface area contributed by atoms with E-state index in [2.05, 4.69) is 24.5 Å². The molecule has 4 atom stereocenters. The van der Waals surface area contributed by atoms with Crippen LogP contribution in [0.3, 0.4) is 0 Å². The van der Waals surface area contributed by atoms with Crippen molar-refractivity contribution in [1.82, 2.24) is 5.32 Å². The molecule has 0 aliphatic rings. The third kappa shape index (κ3) is 19.6. The summed E-state index contributed by atoms with van der Waals surface area (Å²) in [6, 6.07) is 0. The molecule has 0 aromatic rings. The van der Waals surface area contributed by atoms with E-state index in [0.29, 0.717) is 0 Å². The minimum Gasteiger partial charge on any atom is -0.394 e. The topological polar surface area (TPSA) is 167 Å². The second-order valence-corrected chi connectivity index (χ2v) is 6.62. The molecule has 0 heterocycles. The van der Waals surface area contributed by atoms with Crippen LogP contribution in [0, 0.1) is 0 Å². The molecule has 4 unspecified atom stereocenters. The molecule has 0 radical (unpaired) electrons. The molecule has 11 nitrogen and oxygen atoms in total. The van der Waals surface area contributed by atoms with Crippen LogP contribution in [0.2, 0.25) is 0 Å². The van der Waals surface area contributed by atoms with Crippen molar-refractivity contribution in [3.8, 4) is 0 Å². The minimum atomic E-state index is -1.05. The smallest absolute Gasteiger partial charge is 0.256 e. The largest absolute Gasteiger partial charge is 0.394 e. The van der Waals surface area contributed by atoms with Crippen LogP contribution in [0.5, 0.6) is 0 Å². The van der Waals surface area contributed by atoms with Gasteiger partial charge in [-0.05, 0) is 0 Å². The zero-order valence-corrected chi connectivity index (χ0v) is 19.2. The average molecular weight is 474 g/mol. The molecule has 0 aliphatic heterocycles. The van der Waals surface area contributed by atoms with Gasteiger partial charge in [0.25, 0.3) is 5.91 Å². The number of thiol groups is 1. The van der Waals surface area contributed by atoms with Gasteiger partial charge in [-0.2, -0.15) is 0 Å². The second kappa shape index (κ2) is 22.4. The van der Waals surface area contributed by atoms with Gasteiger partial charge in [-0.25, -0.2) is 0 Å². The highest BCUT2D eigenvalue weighted by atomic mass is 32.1. The van der Waals surface area contributed by atoms with Gasteiger partial charge in [-0.1, -0.05) is 20.4 Å². The summed E-state index contributed by atoms with van der Waals surface area (Å²) in [4.78, 5) is 11.4. The third-order valence-electron chi connectivity index (χ3n) is 3.38. The van der Waals surface area contributed by atoms with Crippen LogP contribution in [-0.2, 0) is 23.7 Å². The molecular formula is C19H39NO10S. The molecule has 0 rings (SSSR count). The van der Waals surface area contributed by atoms with Gasteiger partial charge in [0.15, 0.2) is 0 Å². The Morgan fingerprint density at radius 2 is 1.35 bits per heavy atom. The van der Waals surface area contributed by atoms with Crippen LogP contribution in [0.1, 0.15) is 13.8 Å². The minimum absolute atomic E-state index is 0.00280. The number of amides is 1. The maximum atomic E-state index is 11.3. The average Bonchev–Trinajstić information content (AvgIpc) is 2.79. The van der Waals surface area contributed by atoms with Crippen LogP contribution in [-0.4, -0.2) is 122 Å². The molecule has 0 aromatic carbocycles. The Labute approximate surface area is 189 Å². The number of hydrogen-bond donors (Lipinski definition) is 7. The predicted molar refractivity (Wildman–Crippen MR) is 117 cm³/mol. The fourth-order valence-electron chi connectivity index (χ4n) is 1.78. The summed E-state index contributed by atoms with van der Waals surface area (Å²) < 4.78 is 21.5. The van der Waals surface area contributed by atoms with Gasteiger partial charge in [0.05, 0.1) is 64.4 Å². The van der Waals surface area contributed by atoms with Gasteiger partial charge in [-0.3, -0.25) is 4.79 Å². The zero-order valence-electron chi connectivity index (χ0n) is 18.3. The molecule has 0 saturated heterocycles. The lowest BCUT2D eigenvalue weighted by atomic mass is 10.3. The van der Waals surface area contributed by atoms with E-state index in [1.54, 1.807) is 0 Å². The maximum Gasteiger partial charge on any atom is 0.256 e. The van der Waals surface area contributed by atoms with E-state index in [1.165, 1.54) is 0 Å². The van der Waals surface area contributed by atoms with Crippen molar-refractivity contribution in [2.75, 3.05) is 66.0 Å². The molecule has 0 bridgehead atoms. The Kier molecular flexibility index (Phi) is 23.4. The highest BCUT2D eigenvalue weighted by Crippen LogP contribution is 2.01. The first-order valence-electron chi connectivity index (χ1n) is 10.1. The number of ether oxygens (including phenoxy) is 4. The Bertz CT molecular complexity index is 444. The molecule has 186 valence electrons. The highest BCUT2D eigenvalue weighted by Gasteiger charge is 2.16. The van der Waals surface area contributed by atoms with Crippen LogP contribution >= 0.6 is 12.6 Å². The first-order valence-corrected chi connectivity index (χ1v) is 10.5. The van der Waals surface area contributed by atoms with E-state index >= 15 is 0 Å². The Hall–Kier alpha value is -0.800. The van der Waals surface area contributed by atoms with E-state index in [-0.39, 0.29) is 57.7 Å². The molecule has 12 heteroatoms. The van der Waals surface area contributed by atoms with Crippen LogP contribution < -0.4 is 5.32 Å². The van der Waals surface area contributed by atoms with E-state index in [0.717, 1.165) is 0 Å². The van der Waals surface area contributed by atoms with Crippen molar-refractivity contribution in [1.29, 1.82) is 0 Å². The van der Waals surface area contributed by atoms with Crippen LogP contribution in [0.4, 0.5) is 0 Å². The molecule has 6 N–H and O–H groups in total. The first-order chi connectivity index (χ1) is 14.8. The number of nitrogens with one attached hydrogen (secondary N) is 1. The number of hydrogen-bond acceptors (Lipinski definition) is 11. The van der Waals surface area contributed by atoms with Crippen molar-refractivity contribution in [2.24, 2.45) is 0 Å². The van der Waals surface area contributed by atoms with Crippen molar-refractivity contribution in [2.45, 2.75) is 38.3 Å². The maximum absolute atomic E-state index is 11.3. The Balaban J connectivity index is 0. The van der Waals surface area contributed by atoms with Crippen molar-refractivity contribution in [3.05, 3.63) is 11.5 Å². The number of carbonyl (C=O) groups excluding carboxylic acids is 1. The quantitative estimate of drug-likeness (QED) is 0.0638. The lowest BCUT2D eigenvalue weighted by molar-refractivity contribution is -0.118. The highest BCUT2D eigenvalue weighted by molar-refractivity contribution is 7.85. The van der Waals surface area contributed by atoms with Crippen LogP contribution in [0.25, 0.3) is 0 Å². The fraction of sp³-hybridized carbons (Fsp3) is 0.842. The Morgan fingerprint density at radius 3 is 1.84 bits per heavy atom. The first kappa shape index (κ1) is 32.4. The summed E-state index contributed by atoms with van der Waals surface area (Å²) in [5.74, 6) is -0.402. The van der Waals surface area contributed by atoms with Gasteiger partial charge in [0.2, 0.25) is 0 Å². The molecule has 0 fully saturated rings. The van der Waals surface area contributed by atoms with Crippen molar-refractivity contribution >= 4 is 18.5 Å². The molecule has 31 heavy (non-hydrogen) atoms. The van der Waals surface area contributed by atoms with Gasteiger partial charge >= 0.3 is 0 Å². The van der Waals surface area contributed by atoms with Gasteiger partial charge in [0, 0.05) is 6.54 Å². The standard InChI is InChI=1S/C17H33NO10S.C2H6/c1-12(29)17(24)18-2-3-25-10-16(28-8-14(23)5-20)11-26-9-15(6-21)27-7-13(22)4-19;1-2/h13-16,19-23,29H,1-11H2,(H,18,24);1-2H3. The molecular weight excluding hydrogens is 434 g/mol. The molecule has 0 aromatic heterocycles. The molecule has 0 saturated carbocycles. The summed E-state index contributed by atoms with van der Waals surface area (Å²) in [6.07, 6.45) is -3.39. The summed E-state index contributed by atoms with van der Waals surface area (Å²) in [7, 11) is 0. The Morgan fingerprint density at radius 1 is 0.871 bits per heavy atom. The summed E-state index contributed by atoms with van der Waals surface area (Å²) in [5.41, 5.74) is 0. The van der Waals surface area contributed by atoms with E-state index < -0.39 is 43.5 Å². The predicted octanol–water partition coefficient (Wildman–Crippen LogP) is -1.93. The summed E-state index contributed by atoms with van der Waals surface area (Å²) in [6.45, 7) is 6.40. The van der Waals surface area contributed by atoms with Crippen molar-refractivity contribution in [3.63, 3.8) is 0 Å². The lowest BCUT2D eigenvalue weighted by Crippen LogP contribution is -2.35. The summed E-state index contributed by atoms with van der Waals surface area (Å²) >= 11 is 3.82. The number of aliphatic hydroxyl groups is 5. The second-order valence-electron chi connectivity index (χ2n) is 6.08. The van der Waals surface area contributed by atoms with E-state index in [4.69, 9.17) is 29.2 Å². The lowest BCUT2D eigenvalue weighted by Gasteiger charge is -2.22. The van der Waals surface area contributed by atoms with Crippen LogP contribution in [0.15, 0.2) is 11.5 Å². The molecule has 0 aliphatic carbocycles. The third-order valence-corrected chi connectivity index (χ3v) is 3.58. The van der Waals surface area contributed by atoms with Gasteiger partial charge in [-0.15, -0.1) is 12.6 Å². The summed E-state index contributed by atoms with van der Waals surface area (Å²) in [5, 5.41) is 48.1. The normalized spacial score (nSPS) is 14.7. The van der Waals surface area contributed by atoms with Gasteiger partial charge < -0.3 is 49.8 Å². The number of rotatable bonds is 19. The molecule has 0 spiro atoms. The van der Waals surface area contributed by atoms with Crippen molar-refractivity contribution < 1.29 is 49.3 Å². The van der Waals surface area contributed by atoms with Gasteiger partial charge in [0.1, 0.15) is 24.4 Å². The number of carbonyl (C=O) groups is 1.